The molecule has 0 aromatic heterocycles. The van der Waals surface area contributed by atoms with Crippen molar-refractivity contribution in [1.29, 1.82) is 0 Å². The summed E-state index contributed by atoms with van der Waals surface area (Å²) in [5.74, 6) is 0. The van der Waals surface area contributed by atoms with Crippen LogP contribution in [0.2, 0.25) is 0 Å². The molecule has 0 unspecified atom stereocenters. The molecule has 2 heteroatoms. The number of hydrogen-bond acceptors (Lipinski definition) is 1. The third-order valence-corrected chi connectivity index (χ3v) is 4.89. The van der Waals surface area contributed by atoms with Crippen molar-refractivity contribution in [3.05, 3.63) is 0 Å². The highest BCUT2D eigenvalue weighted by Crippen LogP contribution is 2.23. The second-order valence-corrected chi connectivity index (χ2v) is 7.30. The van der Waals surface area contributed by atoms with Gasteiger partial charge in [0.15, 0.2) is 0 Å². The van der Waals surface area contributed by atoms with Crippen molar-refractivity contribution in [3.63, 3.8) is 0 Å². The van der Waals surface area contributed by atoms with E-state index in [1.165, 1.54) is 96.7 Å². The molecule has 140 valence electrons. The van der Waals surface area contributed by atoms with Gasteiger partial charge in [0.2, 0.25) is 0 Å². The standard InChI is InChI=1S/C21H46NO/c1-6-11-16-21(17-12-7-2)23-22(18-13-8-3,19-14-9-4)20-15-10-5/h21H,6-20H2,1-5H3/q+1. The van der Waals surface area contributed by atoms with Crippen LogP contribution in [-0.4, -0.2) is 30.4 Å². The number of hydrogen-bond donors (Lipinski definition) is 0. The minimum absolute atomic E-state index is 0.473. The van der Waals surface area contributed by atoms with E-state index in [-0.39, 0.29) is 0 Å². The summed E-state index contributed by atoms with van der Waals surface area (Å²) in [4.78, 5) is 6.89. The van der Waals surface area contributed by atoms with Crippen LogP contribution in [0.3, 0.4) is 0 Å². The molecular weight excluding hydrogens is 282 g/mol. The number of quaternary nitrogens is 1. The average molecular weight is 329 g/mol. The molecule has 0 bridgehead atoms. The molecule has 0 heterocycles. The van der Waals surface area contributed by atoms with Gasteiger partial charge in [-0.2, -0.15) is 9.48 Å². The Hall–Kier alpha value is -0.0800. The van der Waals surface area contributed by atoms with Gasteiger partial charge in [-0.25, -0.2) is 0 Å². The highest BCUT2D eigenvalue weighted by atomic mass is 16.7. The van der Waals surface area contributed by atoms with Crippen molar-refractivity contribution in [1.82, 2.24) is 0 Å². The Labute approximate surface area is 147 Å². The number of unbranched alkanes of at least 4 members (excludes halogenated alkanes) is 5. The summed E-state index contributed by atoms with van der Waals surface area (Å²) >= 11 is 0. The predicted octanol–water partition coefficient (Wildman–Crippen LogP) is 6.88. The molecule has 0 saturated heterocycles. The molecule has 0 fully saturated rings. The summed E-state index contributed by atoms with van der Waals surface area (Å²) in [7, 11) is 0. The lowest BCUT2D eigenvalue weighted by Gasteiger charge is -2.39. The Balaban J connectivity index is 4.95. The monoisotopic (exact) mass is 328 g/mol. The van der Waals surface area contributed by atoms with Gasteiger partial charge in [0.25, 0.3) is 0 Å². The van der Waals surface area contributed by atoms with Crippen LogP contribution in [0.5, 0.6) is 0 Å². The normalized spacial score (nSPS) is 12.3. The van der Waals surface area contributed by atoms with E-state index >= 15 is 0 Å². The van der Waals surface area contributed by atoms with Crippen molar-refractivity contribution in [2.45, 2.75) is 118 Å². The van der Waals surface area contributed by atoms with Crippen molar-refractivity contribution >= 4 is 0 Å². The van der Waals surface area contributed by atoms with E-state index in [9.17, 15) is 0 Å². The molecule has 0 amide bonds. The first-order chi connectivity index (χ1) is 11.2. The summed E-state index contributed by atoms with van der Waals surface area (Å²) in [5, 5.41) is 0. The van der Waals surface area contributed by atoms with Crippen LogP contribution in [0.25, 0.3) is 0 Å². The smallest absolute Gasteiger partial charge is 0.117 e. The number of rotatable bonds is 17. The largest absolute Gasteiger partial charge is 0.200 e. The minimum atomic E-state index is 0.473. The lowest BCUT2D eigenvalue weighted by Crippen LogP contribution is -2.52. The van der Waals surface area contributed by atoms with E-state index in [2.05, 4.69) is 34.6 Å². The van der Waals surface area contributed by atoms with Crippen LogP contribution in [0.15, 0.2) is 0 Å². The molecule has 0 saturated carbocycles. The SMILES string of the molecule is CCCCC(CCCC)O[N+](CCCC)(CCCC)CCCC. The van der Waals surface area contributed by atoms with Gasteiger partial charge < -0.3 is 0 Å². The van der Waals surface area contributed by atoms with E-state index in [1.54, 1.807) is 0 Å². The number of nitrogens with zero attached hydrogens (tertiary/aromatic N) is 1. The van der Waals surface area contributed by atoms with Crippen molar-refractivity contribution in [2.24, 2.45) is 0 Å². The maximum absolute atomic E-state index is 6.89. The van der Waals surface area contributed by atoms with Gasteiger partial charge in [-0.05, 0) is 32.1 Å². The molecule has 23 heavy (non-hydrogen) atoms. The van der Waals surface area contributed by atoms with Gasteiger partial charge in [-0.3, -0.25) is 0 Å². The van der Waals surface area contributed by atoms with Crippen LogP contribution in [0, 0.1) is 0 Å². The molecule has 0 N–H and O–H groups in total. The zero-order valence-corrected chi connectivity index (χ0v) is 17.0. The lowest BCUT2D eigenvalue weighted by molar-refractivity contribution is -1.11. The topological polar surface area (TPSA) is 9.23 Å². The zero-order chi connectivity index (χ0) is 17.4. The van der Waals surface area contributed by atoms with E-state index in [1.807, 2.05) is 0 Å². The van der Waals surface area contributed by atoms with Crippen LogP contribution in [0.1, 0.15) is 112 Å². The fourth-order valence-corrected chi connectivity index (χ4v) is 3.26. The van der Waals surface area contributed by atoms with Crippen LogP contribution in [0.4, 0.5) is 0 Å². The van der Waals surface area contributed by atoms with Crippen LogP contribution >= 0.6 is 0 Å². The number of hydroxylamine groups is 3. The fourth-order valence-electron chi connectivity index (χ4n) is 3.26. The molecule has 0 rings (SSSR count). The summed E-state index contributed by atoms with van der Waals surface area (Å²) in [6.45, 7) is 15.1. The van der Waals surface area contributed by atoms with Crippen LogP contribution < -0.4 is 0 Å². The van der Waals surface area contributed by atoms with E-state index in [4.69, 9.17) is 4.84 Å². The van der Waals surface area contributed by atoms with E-state index < -0.39 is 0 Å². The summed E-state index contributed by atoms with van der Waals surface area (Å²) in [6, 6.07) is 0. The molecule has 0 aliphatic heterocycles. The van der Waals surface area contributed by atoms with Crippen molar-refractivity contribution in [2.75, 3.05) is 19.6 Å². The van der Waals surface area contributed by atoms with Gasteiger partial charge >= 0.3 is 0 Å². The third-order valence-electron chi connectivity index (χ3n) is 4.89. The molecule has 2 nitrogen and oxygen atoms in total. The predicted molar refractivity (Wildman–Crippen MR) is 104 cm³/mol. The Bertz CT molecular complexity index is 212. The lowest BCUT2D eigenvalue weighted by atomic mass is 10.1. The summed E-state index contributed by atoms with van der Waals surface area (Å²) in [6.07, 6.45) is 15.9. The first-order valence-electron chi connectivity index (χ1n) is 10.7. The van der Waals surface area contributed by atoms with Gasteiger partial charge in [0, 0.05) is 0 Å². The van der Waals surface area contributed by atoms with Crippen molar-refractivity contribution < 1.29 is 9.48 Å². The Kier molecular flexibility index (Phi) is 15.4. The zero-order valence-electron chi connectivity index (χ0n) is 17.0. The molecule has 0 spiro atoms. The minimum Gasteiger partial charge on any atom is -0.200 e. The summed E-state index contributed by atoms with van der Waals surface area (Å²) < 4.78 is 0.938. The van der Waals surface area contributed by atoms with Gasteiger partial charge in [0.1, 0.15) is 25.7 Å². The van der Waals surface area contributed by atoms with Gasteiger partial charge in [-0.1, -0.05) is 79.6 Å². The fraction of sp³-hybridized carbons (Fsp3) is 1.00. The van der Waals surface area contributed by atoms with E-state index in [0.29, 0.717) is 6.10 Å². The molecular formula is C21H46NO+. The first-order valence-corrected chi connectivity index (χ1v) is 10.7. The maximum Gasteiger partial charge on any atom is 0.117 e. The molecule has 0 atom stereocenters. The average Bonchev–Trinajstić information content (AvgIpc) is 2.58. The third kappa shape index (κ3) is 11.2. The quantitative estimate of drug-likeness (QED) is 0.209. The molecule has 0 aromatic rings. The van der Waals surface area contributed by atoms with Gasteiger partial charge in [-0.15, -0.1) is 0 Å². The summed E-state index contributed by atoms with van der Waals surface area (Å²) in [5.41, 5.74) is 0. The Morgan fingerprint density at radius 3 is 1.22 bits per heavy atom. The Morgan fingerprint density at radius 2 is 0.913 bits per heavy atom. The maximum atomic E-state index is 6.89. The molecule has 0 aliphatic rings. The second kappa shape index (κ2) is 15.4. The second-order valence-electron chi connectivity index (χ2n) is 7.30. The molecule has 0 aliphatic carbocycles. The molecule has 0 aromatic carbocycles. The molecule has 0 radical (unpaired) electrons. The highest BCUT2D eigenvalue weighted by molar-refractivity contribution is 4.57. The van der Waals surface area contributed by atoms with E-state index in [0.717, 1.165) is 4.65 Å². The highest BCUT2D eigenvalue weighted by Gasteiger charge is 2.31. The Morgan fingerprint density at radius 1 is 0.565 bits per heavy atom. The van der Waals surface area contributed by atoms with Crippen molar-refractivity contribution in [3.8, 4) is 0 Å². The first kappa shape index (κ1) is 22.9. The van der Waals surface area contributed by atoms with Gasteiger partial charge in [0.05, 0.1) is 0 Å². The van der Waals surface area contributed by atoms with Crippen LogP contribution in [-0.2, 0) is 4.84 Å².